The van der Waals surface area contributed by atoms with Gasteiger partial charge in [-0.15, -0.1) is 0 Å². The van der Waals surface area contributed by atoms with Crippen LogP contribution in [0.15, 0.2) is 48.5 Å². The number of aryl methyl sites for hydroxylation is 1. The molecule has 0 radical (unpaired) electrons. The predicted octanol–water partition coefficient (Wildman–Crippen LogP) is 4.40. The summed E-state index contributed by atoms with van der Waals surface area (Å²) in [6.07, 6.45) is 1.54. The van der Waals surface area contributed by atoms with E-state index in [1.54, 1.807) is 17.0 Å². The van der Waals surface area contributed by atoms with E-state index in [1.807, 2.05) is 52.0 Å². The zero-order valence-electron chi connectivity index (χ0n) is 17.7. The summed E-state index contributed by atoms with van der Waals surface area (Å²) >= 11 is 0. The molecule has 0 spiro atoms. The van der Waals surface area contributed by atoms with E-state index in [2.05, 4.69) is 5.32 Å². The number of carbonyl (C=O) groups is 2. The van der Waals surface area contributed by atoms with Crippen LogP contribution in [-0.4, -0.2) is 28.8 Å². The van der Waals surface area contributed by atoms with E-state index in [0.29, 0.717) is 6.42 Å². The van der Waals surface area contributed by atoms with Gasteiger partial charge >= 0.3 is 0 Å². The van der Waals surface area contributed by atoms with Crippen LogP contribution in [0.3, 0.4) is 0 Å². The molecule has 2 rings (SSSR count). The lowest BCUT2D eigenvalue weighted by Gasteiger charge is -2.31. The number of hydrogen-bond donors (Lipinski definition) is 1. The molecule has 4 nitrogen and oxygen atoms in total. The maximum Gasteiger partial charge on any atom is 0.243 e. The highest BCUT2D eigenvalue weighted by Crippen LogP contribution is 2.16. The molecule has 0 bridgehead atoms. The Labute approximate surface area is 173 Å². The lowest BCUT2D eigenvalue weighted by molar-refractivity contribution is -0.141. The van der Waals surface area contributed by atoms with Crippen LogP contribution in [0, 0.1) is 12.7 Å². The van der Waals surface area contributed by atoms with Gasteiger partial charge in [0, 0.05) is 12.6 Å². The molecule has 0 saturated carbocycles. The van der Waals surface area contributed by atoms with Gasteiger partial charge in [-0.2, -0.15) is 0 Å². The van der Waals surface area contributed by atoms with Crippen molar-refractivity contribution in [1.29, 1.82) is 0 Å². The summed E-state index contributed by atoms with van der Waals surface area (Å²) in [5.74, 6) is -0.599. The number of hydrogen-bond acceptors (Lipinski definition) is 2. The number of halogens is 1. The standard InChI is InChI=1S/C24H31FN2O2/c1-5-18(4)26-24(29)22(6-2)27(16-20-11-13-21(25)14-12-20)23(28)15-19-9-7-17(3)8-10-19/h7-14,18,22H,5-6,15-16H2,1-4H3,(H,26,29)/t18-,22+/m0/s1. The first kappa shape index (κ1) is 22.6. The van der Waals surface area contributed by atoms with Crippen LogP contribution in [0.5, 0.6) is 0 Å². The predicted molar refractivity (Wildman–Crippen MR) is 114 cm³/mol. The highest BCUT2D eigenvalue weighted by molar-refractivity contribution is 5.88. The third kappa shape index (κ3) is 6.70. The van der Waals surface area contributed by atoms with Crippen LogP contribution in [-0.2, 0) is 22.6 Å². The fraction of sp³-hybridized carbons (Fsp3) is 0.417. The second-order valence-corrected chi connectivity index (χ2v) is 7.55. The molecule has 0 aliphatic heterocycles. The molecule has 0 aromatic heterocycles. The van der Waals surface area contributed by atoms with E-state index in [4.69, 9.17) is 0 Å². The molecule has 0 heterocycles. The van der Waals surface area contributed by atoms with Gasteiger partial charge in [0.1, 0.15) is 11.9 Å². The van der Waals surface area contributed by atoms with Gasteiger partial charge in [0.25, 0.3) is 0 Å². The maximum atomic E-state index is 13.3. The largest absolute Gasteiger partial charge is 0.352 e. The fourth-order valence-electron chi connectivity index (χ4n) is 3.13. The van der Waals surface area contributed by atoms with Crippen LogP contribution in [0.25, 0.3) is 0 Å². The third-order valence-electron chi connectivity index (χ3n) is 5.13. The van der Waals surface area contributed by atoms with Crippen molar-refractivity contribution >= 4 is 11.8 Å². The highest BCUT2D eigenvalue weighted by atomic mass is 19.1. The molecule has 1 N–H and O–H groups in total. The van der Waals surface area contributed by atoms with Crippen LogP contribution in [0.1, 0.15) is 50.3 Å². The van der Waals surface area contributed by atoms with Gasteiger partial charge < -0.3 is 10.2 Å². The van der Waals surface area contributed by atoms with E-state index in [-0.39, 0.29) is 36.6 Å². The average molecular weight is 399 g/mol. The Balaban J connectivity index is 2.26. The van der Waals surface area contributed by atoms with Crippen molar-refractivity contribution < 1.29 is 14.0 Å². The minimum Gasteiger partial charge on any atom is -0.352 e. The third-order valence-corrected chi connectivity index (χ3v) is 5.13. The van der Waals surface area contributed by atoms with Crippen LogP contribution in [0.2, 0.25) is 0 Å². The Kier molecular flexibility index (Phi) is 8.37. The number of nitrogens with zero attached hydrogens (tertiary/aromatic N) is 1. The highest BCUT2D eigenvalue weighted by Gasteiger charge is 2.29. The molecule has 2 atom stereocenters. The van der Waals surface area contributed by atoms with Crippen molar-refractivity contribution in [3.63, 3.8) is 0 Å². The lowest BCUT2D eigenvalue weighted by Crippen LogP contribution is -2.51. The molecular weight excluding hydrogens is 367 g/mol. The maximum absolute atomic E-state index is 13.3. The fourth-order valence-corrected chi connectivity index (χ4v) is 3.13. The van der Waals surface area contributed by atoms with Crippen molar-refractivity contribution in [2.75, 3.05) is 0 Å². The molecule has 2 aromatic rings. The molecule has 2 aromatic carbocycles. The zero-order valence-corrected chi connectivity index (χ0v) is 17.7. The smallest absolute Gasteiger partial charge is 0.243 e. The van der Waals surface area contributed by atoms with E-state index >= 15 is 0 Å². The van der Waals surface area contributed by atoms with Gasteiger partial charge in [-0.1, -0.05) is 55.8 Å². The first-order chi connectivity index (χ1) is 13.8. The van der Waals surface area contributed by atoms with E-state index < -0.39 is 6.04 Å². The quantitative estimate of drug-likeness (QED) is 0.681. The minimum absolute atomic E-state index is 0.0384. The summed E-state index contributed by atoms with van der Waals surface area (Å²) in [5.41, 5.74) is 2.82. The van der Waals surface area contributed by atoms with Gasteiger partial charge in [-0.05, 0) is 49.9 Å². The van der Waals surface area contributed by atoms with Crippen LogP contribution < -0.4 is 5.32 Å². The molecule has 5 heteroatoms. The van der Waals surface area contributed by atoms with E-state index in [9.17, 15) is 14.0 Å². The molecule has 0 saturated heterocycles. The summed E-state index contributed by atoms with van der Waals surface area (Å²) in [6, 6.07) is 13.3. The summed E-state index contributed by atoms with van der Waals surface area (Å²) in [7, 11) is 0. The van der Waals surface area contributed by atoms with Crippen molar-refractivity contribution in [3.05, 3.63) is 71.0 Å². The number of carbonyl (C=O) groups excluding carboxylic acids is 2. The first-order valence-electron chi connectivity index (χ1n) is 10.2. The Morgan fingerprint density at radius 1 is 0.966 bits per heavy atom. The molecule has 0 unspecified atom stereocenters. The summed E-state index contributed by atoms with van der Waals surface area (Å²) in [4.78, 5) is 27.7. The Bertz CT molecular complexity index is 803. The van der Waals surface area contributed by atoms with E-state index in [0.717, 1.165) is 23.1 Å². The Morgan fingerprint density at radius 2 is 1.55 bits per heavy atom. The number of benzene rings is 2. The minimum atomic E-state index is -0.577. The molecule has 0 fully saturated rings. The monoisotopic (exact) mass is 398 g/mol. The van der Waals surface area contributed by atoms with Crippen molar-refractivity contribution in [3.8, 4) is 0 Å². The van der Waals surface area contributed by atoms with Crippen molar-refractivity contribution in [1.82, 2.24) is 10.2 Å². The molecule has 156 valence electrons. The van der Waals surface area contributed by atoms with E-state index in [1.165, 1.54) is 12.1 Å². The second-order valence-electron chi connectivity index (χ2n) is 7.55. The molecule has 0 aliphatic rings. The molecular formula is C24H31FN2O2. The van der Waals surface area contributed by atoms with Gasteiger partial charge in [-0.25, -0.2) is 4.39 Å². The van der Waals surface area contributed by atoms with Crippen LogP contribution >= 0.6 is 0 Å². The SMILES string of the molecule is CC[C@H](C(=O)N[C@@H](C)CC)N(Cc1ccc(F)cc1)C(=O)Cc1ccc(C)cc1. The topological polar surface area (TPSA) is 49.4 Å². The summed E-state index contributed by atoms with van der Waals surface area (Å²) in [5, 5.41) is 2.99. The normalized spacial score (nSPS) is 12.9. The average Bonchev–Trinajstić information content (AvgIpc) is 2.70. The van der Waals surface area contributed by atoms with Crippen molar-refractivity contribution in [2.24, 2.45) is 0 Å². The molecule has 29 heavy (non-hydrogen) atoms. The lowest BCUT2D eigenvalue weighted by atomic mass is 10.1. The summed E-state index contributed by atoms with van der Waals surface area (Å²) in [6.45, 7) is 8.11. The zero-order chi connectivity index (χ0) is 21.4. The number of amides is 2. The molecule has 2 amide bonds. The van der Waals surface area contributed by atoms with Gasteiger partial charge in [0.2, 0.25) is 11.8 Å². The van der Waals surface area contributed by atoms with Gasteiger partial charge in [0.15, 0.2) is 0 Å². The number of nitrogens with one attached hydrogen (secondary N) is 1. The van der Waals surface area contributed by atoms with Gasteiger partial charge in [0.05, 0.1) is 6.42 Å². The Hall–Kier alpha value is -2.69. The second kappa shape index (κ2) is 10.7. The van der Waals surface area contributed by atoms with Crippen molar-refractivity contribution in [2.45, 2.75) is 65.6 Å². The summed E-state index contributed by atoms with van der Waals surface area (Å²) < 4.78 is 13.3. The van der Waals surface area contributed by atoms with Crippen LogP contribution in [0.4, 0.5) is 4.39 Å². The Morgan fingerprint density at radius 3 is 2.10 bits per heavy atom. The first-order valence-corrected chi connectivity index (χ1v) is 10.2. The van der Waals surface area contributed by atoms with Gasteiger partial charge in [-0.3, -0.25) is 9.59 Å². The number of rotatable bonds is 9. The molecule has 0 aliphatic carbocycles.